The van der Waals surface area contributed by atoms with Crippen molar-refractivity contribution in [2.75, 3.05) is 6.54 Å². The Bertz CT molecular complexity index is 422. The Balaban J connectivity index is 1.93. The molecule has 0 radical (unpaired) electrons. The molecule has 0 aliphatic rings. The van der Waals surface area contributed by atoms with Crippen LogP contribution in [0.3, 0.4) is 0 Å². The van der Waals surface area contributed by atoms with Gasteiger partial charge in [0, 0.05) is 19.0 Å². The zero-order valence-electron chi connectivity index (χ0n) is 9.43. The summed E-state index contributed by atoms with van der Waals surface area (Å²) in [7, 11) is 0. The summed E-state index contributed by atoms with van der Waals surface area (Å²) in [5.41, 5.74) is 0. The summed E-state index contributed by atoms with van der Waals surface area (Å²) in [5, 5.41) is 9.27. The number of hydrogen-bond acceptors (Lipinski definition) is 5. The molecule has 2 aromatic rings. The van der Waals surface area contributed by atoms with E-state index in [1.807, 2.05) is 17.5 Å². The molecule has 1 N–H and O–H groups in total. The van der Waals surface area contributed by atoms with Crippen molar-refractivity contribution in [2.45, 2.75) is 26.3 Å². The standard InChI is InChI=1S/C11H15N3OS/c1-8(2)12-6-5-10-13-11(14-15-10)9-4-3-7-16-9/h3-4,7-8,12H,5-6H2,1-2H3. The van der Waals surface area contributed by atoms with E-state index in [0.717, 1.165) is 17.8 Å². The molecule has 16 heavy (non-hydrogen) atoms. The van der Waals surface area contributed by atoms with E-state index >= 15 is 0 Å². The molecule has 0 unspecified atom stereocenters. The summed E-state index contributed by atoms with van der Waals surface area (Å²) >= 11 is 1.62. The van der Waals surface area contributed by atoms with Gasteiger partial charge in [-0.15, -0.1) is 11.3 Å². The first kappa shape index (κ1) is 11.3. The Morgan fingerprint density at radius 1 is 1.50 bits per heavy atom. The summed E-state index contributed by atoms with van der Waals surface area (Å²) in [6.45, 7) is 5.10. The van der Waals surface area contributed by atoms with E-state index in [1.165, 1.54) is 0 Å². The van der Waals surface area contributed by atoms with E-state index in [-0.39, 0.29) is 0 Å². The van der Waals surface area contributed by atoms with Gasteiger partial charge >= 0.3 is 0 Å². The molecule has 0 saturated heterocycles. The lowest BCUT2D eigenvalue weighted by molar-refractivity contribution is 0.374. The minimum absolute atomic E-state index is 0.486. The maximum atomic E-state index is 5.18. The number of rotatable bonds is 5. The maximum absolute atomic E-state index is 5.18. The average Bonchev–Trinajstić information content (AvgIpc) is 2.85. The Morgan fingerprint density at radius 2 is 2.38 bits per heavy atom. The molecule has 5 heteroatoms. The monoisotopic (exact) mass is 237 g/mol. The summed E-state index contributed by atoms with van der Waals surface area (Å²) in [6.07, 6.45) is 0.774. The fourth-order valence-corrected chi connectivity index (χ4v) is 1.98. The molecule has 2 aromatic heterocycles. The van der Waals surface area contributed by atoms with Crippen LogP contribution in [-0.2, 0) is 6.42 Å². The summed E-state index contributed by atoms with van der Waals surface area (Å²) in [4.78, 5) is 5.39. The molecule has 0 aromatic carbocycles. The van der Waals surface area contributed by atoms with Crippen molar-refractivity contribution < 1.29 is 4.52 Å². The van der Waals surface area contributed by atoms with Crippen LogP contribution >= 0.6 is 11.3 Å². The van der Waals surface area contributed by atoms with Crippen molar-refractivity contribution in [3.8, 4) is 10.7 Å². The third-order valence-corrected chi connectivity index (χ3v) is 2.97. The molecule has 2 heterocycles. The normalized spacial score (nSPS) is 11.2. The fourth-order valence-electron chi connectivity index (χ4n) is 1.33. The van der Waals surface area contributed by atoms with Crippen LogP contribution in [0.1, 0.15) is 19.7 Å². The van der Waals surface area contributed by atoms with Crippen LogP contribution in [0.25, 0.3) is 10.7 Å². The van der Waals surface area contributed by atoms with Gasteiger partial charge < -0.3 is 9.84 Å². The third kappa shape index (κ3) is 2.90. The molecule has 0 amide bonds. The van der Waals surface area contributed by atoms with Gasteiger partial charge in [-0.2, -0.15) is 4.98 Å². The topological polar surface area (TPSA) is 51.0 Å². The Labute approximate surface area is 98.7 Å². The molecule has 2 rings (SSSR count). The molecule has 86 valence electrons. The van der Waals surface area contributed by atoms with Gasteiger partial charge in [-0.05, 0) is 11.4 Å². The molecular formula is C11H15N3OS. The SMILES string of the molecule is CC(C)NCCc1nc(-c2cccs2)no1. The number of hydrogen-bond donors (Lipinski definition) is 1. The van der Waals surface area contributed by atoms with Crippen molar-refractivity contribution in [1.29, 1.82) is 0 Å². The fraction of sp³-hybridized carbons (Fsp3) is 0.455. The Kier molecular flexibility index (Phi) is 3.69. The highest BCUT2D eigenvalue weighted by Gasteiger charge is 2.08. The predicted octanol–water partition coefficient (Wildman–Crippen LogP) is 2.34. The van der Waals surface area contributed by atoms with Crippen LogP contribution < -0.4 is 5.32 Å². The summed E-state index contributed by atoms with van der Waals surface area (Å²) in [6, 6.07) is 4.46. The molecule has 0 fully saturated rings. The highest BCUT2D eigenvalue weighted by Crippen LogP contribution is 2.21. The van der Waals surface area contributed by atoms with Crippen LogP contribution in [-0.4, -0.2) is 22.7 Å². The first-order chi connectivity index (χ1) is 7.75. The maximum Gasteiger partial charge on any atom is 0.228 e. The van der Waals surface area contributed by atoms with E-state index in [0.29, 0.717) is 17.8 Å². The van der Waals surface area contributed by atoms with Crippen LogP contribution in [0.5, 0.6) is 0 Å². The van der Waals surface area contributed by atoms with Gasteiger partial charge in [0.1, 0.15) is 0 Å². The first-order valence-electron chi connectivity index (χ1n) is 5.35. The van der Waals surface area contributed by atoms with E-state index in [1.54, 1.807) is 11.3 Å². The largest absolute Gasteiger partial charge is 0.339 e. The third-order valence-electron chi connectivity index (χ3n) is 2.10. The van der Waals surface area contributed by atoms with E-state index in [2.05, 4.69) is 29.3 Å². The van der Waals surface area contributed by atoms with Gasteiger partial charge in [-0.3, -0.25) is 0 Å². The van der Waals surface area contributed by atoms with E-state index in [9.17, 15) is 0 Å². The van der Waals surface area contributed by atoms with Crippen LogP contribution in [0.15, 0.2) is 22.0 Å². The van der Waals surface area contributed by atoms with Crippen molar-refractivity contribution >= 4 is 11.3 Å². The molecular weight excluding hydrogens is 222 g/mol. The van der Waals surface area contributed by atoms with Crippen molar-refractivity contribution in [1.82, 2.24) is 15.5 Å². The highest BCUT2D eigenvalue weighted by molar-refractivity contribution is 7.13. The average molecular weight is 237 g/mol. The predicted molar refractivity (Wildman–Crippen MR) is 64.5 cm³/mol. The molecule has 0 spiro atoms. The number of aromatic nitrogens is 2. The first-order valence-corrected chi connectivity index (χ1v) is 6.23. The van der Waals surface area contributed by atoms with Crippen molar-refractivity contribution in [2.24, 2.45) is 0 Å². The zero-order valence-corrected chi connectivity index (χ0v) is 10.3. The number of nitrogens with one attached hydrogen (secondary N) is 1. The van der Waals surface area contributed by atoms with Gasteiger partial charge in [0.05, 0.1) is 4.88 Å². The summed E-state index contributed by atoms with van der Waals surface area (Å²) < 4.78 is 5.18. The minimum atomic E-state index is 0.486. The van der Waals surface area contributed by atoms with Crippen molar-refractivity contribution in [3.05, 3.63) is 23.4 Å². The lowest BCUT2D eigenvalue weighted by Gasteiger charge is -2.04. The number of nitrogens with zero attached hydrogens (tertiary/aromatic N) is 2. The Hall–Kier alpha value is -1.20. The van der Waals surface area contributed by atoms with Gasteiger partial charge in [0.2, 0.25) is 11.7 Å². The lowest BCUT2D eigenvalue weighted by Crippen LogP contribution is -2.24. The molecule has 0 atom stereocenters. The number of thiophene rings is 1. The lowest BCUT2D eigenvalue weighted by atomic mass is 10.3. The van der Waals surface area contributed by atoms with E-state index in [4.69, 9.17) is 4.52 Å². The Morgan fingerprint density at radius 3 is 3.06 bits per heavy atom. The van der Waals surface area contributed by atoms with Gasteiger partial charge in [-0.1, -0.05) is 25.1 Å². The van der Waals surface area contributed by atoms with Gasteiger partial charge in [0.25, 0.3) is 0 Å². The van der Waals surface area contributed by atoms with Crippen LogP contribution in [0, 0.1) is 0 Å². The second kappa shape index (κ2) is 5.23. The second-order valence-corrected chi connectivity index (χ2v) is 4.80. The second-order valence-electron chi connectivity index (χ2n) is 3.85. The van der Waals surface area contributed by atoms with Gasteiger partial charge in [-0.25, -0.2) is 0 Å². The molecule has 4 nitrogen and oxygen atoms in total. The molecule has 0 aliphatic heterocycles. The molecule has 0 saturated carbocycles. The minimum Gasteiger partial charge on any atom is -0.339 e. The quantitative estimate of drug-likeness (QED) is 0.867. The molecule has 0 bridgehead atoms. The van der Waals surface area contributed by atoms with Crippen molar-refractivity contribution in [3.63, 3.8) is 0 Å². The van der Waals surface area contributed by atoms with Crippen LogP contribution in [0.2, 0.25) is 0 Å². The summed E-state index contributed by atoms with van der Waals surface area (Å²) in [5.74, 6) is 1.38. The van der Waals surface area contributed by atoms with E-state index < -0.39 is 0 Å². The zero-order chi connectivity index (χ0) is 11.4. The smallest absolute Gasteiger partial charge is 0.228 e. The van der Waals surface area contributed by atoms with Crippen LogP contribution in [0.4, 0.5) is 0 Å². The van der Waals surface area contributed by atoms with Gasteiger partial charge in [0.15, 0.2) is 0 Å². The highest BCUT2D eigenvalue weighted by atomic mass is 32.1. The molecule has 0 aliphatic carbocycles.